The zero-order valence-electron chi connectivity index (χ0n) is 6.42. The van der Waals surface area contributed by atoms with Crippen LogP contribution in [0.25, 0.3) is 6.08 Å². The number of hydrogen-bond donors (Lipinski definition) is 0. The molecule has 1 nitrogen and oxygen atoms in total. The maximum absolute atomic E-state index is 5.48. The summed E-state index contributed by atoms with van der Waals surface area (Å²) in [5.74, 6) is 0.537. The van der Waals surface area contributed by atoms with E-state index in [0.29, 0.717) is 5.88 Å². The summed E-state index contributed by atoms with van der Waals surface area (Å²) in [7, 11) is 0. The van der Waals surface area contributed by atoms with Crippen molar-refractivity contribution in [2.24, 2.45) is 0 Å². The Bertz CT molecular complexity index is 255. The first-order valence-electron chi connectivity index (χ1n) is 3.48. The maximum atomic E-state index is 5.48. The van der Waals surface area contributed by atoms with Crippen molar-refractivity contribution in [2.45, 2.75) is 6.92 Å². The van der Waals surface area contributed by atoms with Crippen LogP contribution >= 0.6 is 11.6 Å². The lowest BCUT2D eigenvalue weighted by Gasteiger charge is -1.92. The Morgan fingerprint density at radius 2 is 2.45 bits per heavy atom. The molecule has 0 aliphatic heterocycles. The Morgan fingerprint density at radius 3 is 3.09 bits per heavy atom. The van der Waals surface area contributed by atoms with Gasteiger partial charge in [0.1, 0.15) is 0 Å². The van der Waals surface area contributed by atoms with Gasteiger partial charge in [-0.15, -0.1) is 11.6 Å². The van der Waals surface area contributed by atoms with E-state index in [1.54, 1.807) is 6.20 Å². The molecular formula is C9H10ClN. The molecular weight excluding hydrogens is 158 g/mol. The van der Waals surface area contributed by atoms with E-state index in [1.807, 2.05) is 31.2 Å². The Morgan fingerprint density at radius 1 is 1.64 bits per heavy atom. The summed E-state index contributed by atoms with van der Waals surface area (Å²) in [6.07, 6.45) is 5.59. The number of aromatic nitrogens is 1. The van der Waals surface area contributed by atoms with Gasteiger partial charge in [-0.05, 0) is 30.7 Å². The van der Waals surface area contributed by atoms with Crippen molar-refractivity contribution in [2.75, 3.05) is 5.88 Å². The summed E-state index contributed by atoms with van der Waals surface area (Å²) >= 11 is 5.48. The Kier molecular flexibility index (Phi) is 3.12. The van der Waals surface area contributed by atoms with Gasteiger partial charge in [0.2, 0.25) is 0 Å². The lowest BCUT2D eigenvalue weighted by molar-refractivity contribution is 1.26. The predicted molar refractivity (Wildman–Crippen MR) is 48.7 cm³/mol. The van der Waals surface area contributed by atoms with Crippen LogP contribution in [0, 0.1) is 6.92 Å². The summed E-state index contributed by atoms with van der Waals surface area (Å²) in [6.45, 7) is 2.04. The minimum atomic E-state index is 0.537. The van der Waals surface area contributed by atoms with Gasteiger partial charge < -0.3 is 0 Å². The number of allylic oxidation sites excluding steroid dienone is 1. The lowest BCUT2D eigenvalue weighted by Crippen LogP contribution is -1.80. The van der Waals surface area contributed by atoms with E-state index in [9.17, 15) is 0 Å². The monoisotopic (exact) mass is 167 g/mol. The van der Waals surface area contributed by atoms with Gasteiger partial charge in [-0.3, -0.25) is 4.98 Å². The summed E-state index contributed by atoms with van der Waals surface area (Å²) in [4.78, 5) is 4.13. The Balaban J connectivity index is 2.79. The molecule has 0 aromatic carbocycles. The molecule has 0 bridgehead atoms. The first kappa shape index (κ1) is 8.28. The second kappa shape index (κ2) is 4.14. The fraction of sp³-hybridized carbons (Fsp3) is 0.222. The zero-order valence-corrected chi connectivity index (χ0v) is 7.17. The Labute approximate surface area is 71.7 Å². The van der Waals surface area contributed by atoms with Crippen LogP contribution in [0.3, 0.4) is 0 Å². The summed E-state index contributed by atoms with van der Waals surface area (Å²) in [6, 6.07) is 3.99. The lowest BCUT2D eigenvalue weighted by atomic mass is 10.2. The molecule has 11 heavy (non-hydrogen) atoms. The van der Waals surface area contributed by atoms with Gasteiger partial charge in [0.15, 0.2) is 0 Å². The second-order valence-corrected chi connectivity index (χ2v) is 2.62. The summed E-state index contributed by atoms with van der Waals surface area (Å²) in [5, 5.41) is 0. The molecule has 0 atom stereocenters. The average Bonchev–Trinajstić information content (AvgIpc) is 2.01. The number of aryl methyl sites for hydroxylation is 1. The van der Waals surface area contributed by atoms with Crippen LogP contribution in [0.2, 0.25) is 0 Å². The maximum Gasteiger partial charge on any atom is 0.0629 e. The molecule has 0 spiro atoms. The van der Waals surface area contributed by atoms with Crippen LogP contribution < -0.4 is 0 Å². The van der Waals surface area contributed by atoms with E-state index in [1.165, 1.54) is 5.56 Å². The van der Waals surface area contributed by atoms with E-state index < -0.39 is 0 Å². The van der Waals surface area contributed by atoms with E-state index >= 15 is 0 Å². The van der Waals surface area contributed by atoms with Crippen molar-refractivity contribution in [1.29, 1.82) is 0 Å². The SMILES string of the molecule is Cc1ccnc(C=CCCl)c1. The Hall–Kier alpha value is -0.820. The molecule has 58 valence electrons. The van der Waals surface area contributed by atoms with E-state index in [0.717, 1.165) is 5.69 Å². The highest BCUT2D eigenvalue weighted by Gasteiger charge is 1.86. The number of alkyl halides is 1. The number of halogens is 1. The highest BCUT2D eigenvalue weighted by atomic mass is 35.5. The fourth-order valence-corrected chi connectivity index (χ4v) is 0.905. The quantitative estimate of drug-likeness (QED) is 0.618. The first-order valence-corrected chi connectivity index (χ1v) is 4.01. The molecule has 0 fully saturated rings. The molecule has 0 amide bonds. The highest BCUT2D eigenvalue weighted by Crippen LogP contribution is 2.01. The minimum absolute atomic E-state index is 0.537. The standard InChI is InChI=1S/C9H10ClN/c1-8-4-6-11-9(7-8)3-2-5-10/h2-4,6-7H,5H2,1H3. The predicted octanol–water partition coefficient (Wildman–Crippen LogP) is 2.64. The number of nitrogens with zero attached hydrogens (tertiary/aromatic N) is 1. The average molecular weight is 168 g/mol. The normalized spacial score (nSPS) is 10.7. The first-order chi connectivity index (χ1) is 5.33. The van der Waals surface area contributed by atoms with Crippen LogP contribution in [0.1, 0.15) is 11.3 Å². The summed E-state index contributed by atoms with van der Waals surface area (Å²) in [5.41, 5.74) is 2.18. The third-order valence-electron chi connectivity index (χ3n) is 1.31. The number of hydrogen-bond acceptors (Lipinski definition) is 1. The van der Waals surface area contributed by atoms with Crippen LogP contribution in [-0.2, 0) is 0 Å². The van der Waals surface area contributed by atoms with Crippen molar-refractivity contribution in [1.82, 2.24) is 4.98 Å². The van der Waals surface area contributed by atoms with Gasteiger partial charge >= 0.3 is 0 Å². The largest absolute Gasteiger partial charge is 0.257 e. The van der Waals surface area contributed by atoms with Gasteiger partial charge in [-0.25, -0.2) is 0 Å². The third-order valence-corrected chi connectivity index (χ3v) is 1.49. The van der Waals surface area contributed by atoms with Crippen molar-refractivity contribution >= 4 is 17.7 Å². The molecule has 0 saturated carbocycles. The van der Waals surface area contributed by atoms with E-state index in [4.69, 9.17) is 11.6 Å². The molecule has 1 heterocycles. The second-order valence-electron chi connectivity index (χ2n) is 2.31. The molecule has 0 aliphatic carbocycles. The minimum Gasteiger partial charge on any atom is -0.257 e. The highest BCUT2D eigenvalue weighted by molar-refractivity contribution is 6.19. The van der Waals surface area contributed by atoms with Crippen molar-refractivity contribution in [3.63, 3.8) is 0 Å². The molecule has 0 radical (unpaired) electrons. The van der Waals surface area contributed by atoms with Gasteiger partial charge in [-0.1, -0.05) is 6.08 Å². The smallest absolute Gasteiger partial charge is 0.0629 e. The molecule has 0 aliphatic rings. The van der Waals surface area contributed by atoms with Crippen molar-refractivity contribution < 1.29 is 0 Å². The molecule has 1 aromatic heterocycles. The topological polar surface area (TPSA) is 12.9 Å². The molecule has 1 rings (SSSR count). The molecule has 1 aromatic rings. The molecule has 0 N–H and O–H groups in total. The van der Waals surface area contributed by atoms with Gasteiger partial charge in [-0.2, -0.15) is 0 Å². The van der Waals surface area contributed by atoms with Gasteiger partial charge in [0, 0.05) is 12.1 Å². The van der Waals surface area contributed by atoms with Crippen LogP contribution in [0.5, 0.6) is 0 Å². The number of rotatable bonds is 2. The van der Waals surface area contributed by atoms with Crippen LogP contribution in [0.4, 0.5) is 0 Å². The zero-order chi connectivity index (χ0) is 8.10. The third kappa shape index (κ3) is 2.72. The van der Waals surface area contributed by atoms with Crippen LogP contribution in [-0.4, -0.2) is 10.9 Å². The van der Waals surface area contributed by atoms with E-state index in [-0.39, 0.29) is 0 Å². The van der Waals surface area contributed by atoms with Crippen molar-refractivity contribution in [3.8, 4) is 0 Å². The fourth-order valence-electron chi connectivity index (χ4n) is 0.816. The van der Waals surface area contributed by atoms with Gasteiger partial charge in [0.25, 0.3) is 0 Å². The number of pyridine rings is 1. The molecule has 0 saturated heterocycles. The molecule has 0 unspecified atom stereocenters. The van der Waals surface area contributed by atoms with E-state index in [2.05, 4.69) is 4.98 Å². The van der Waals surface area contributed by atoms with Crippen LogP contribution in [0.15, 0.2) is 24.4 Å². The van der Waals surface area contributed by atoms with Gasteiger partial charge in [0.05, 0.1) is 5.69 Å². The van der Waals surface area contributed by atoms with Crippen molar-refractivity contribution in [3.05, 3.63) is 35.7 Å². The molecule has 2 heteroatoms. The summed E-state index contributed by atoms with van der Waals surface area (Å²) < 4.78 is 0.